The van der Waals surface area contributed by atoms with Crippen LogP contribution in [0.25, 0.3) is 0 Å². The van der Waals surface area contributed by atoms with E-state index in [0.717, 1.165) is 5.56 Å². The second kappa shape index (κ2) is 6.96. The molecule has 0 unspecified atom stereocenters. The summed E-state index contributed by atoms with van der Waals surface area (Å²) in [6.45, 7) is 8.12. The van der Waals surface area contributed by atoms with Crippen molar-refractivity contribution in [3.8, 4) is 0 Å². The van der Waals surface area contributed by atoms with Crippen LogP contribution >= 0.6 is 0 Å². The lowest BCUT2D eigenvalue weighted by Gasteiger charge is -2.33. The number of fused-ring (bicyclic) bond motifs is 1. The maximum atomic E-state index is 12.9. The third-order valence-electron chi connectivity index (χ3n) is 5.26. The van der Waals surface area contributed by atoms with Gasteiger partial charge in [-0.05, 0) is 42.9 Å². The van der Waals surface area contributed by atoms with E-state index in [0.29, 0.717) is 25.1 Å². The van der Waals surface area contributed by atoms with Crippen LogP contribution in [0, 0.1) is 0 Å². The summed E-state index contributed by atoms with van der Waals surface area (Å²) < 4.78 is 0. The zero-order chi connectivity index (χ0) is 19.9. The average Bonchev–Trinajstić information content (AvgIpc) is 2.85. The molecular weight excluding hydrogens is 346 g/mol. The van der Waals surface area contributed by atoms with Crippen LogP contribution in [0.4, 0.5) is 10.5 Å². The van der Waals surface area contributed by atoms with Gasteiger partial charge in [0.25, 0.3) is 5.91 Å². The zero-order valence-electron chi connectivity index (χ0n) is 16.2. The molecule has 2 aliphatic rings. The van der Waals surface area contributed by atoms with Gasteiger partial charge in [0.1, 0.15) is 12.1 Å². The van der Waals surface area contributed by atoms with Crippen molar-refractivity contribution in [2.24, 2.45) is 0 Å². The second-order valence-electron chi connectivity index (χ2n) is 8.37. The number of imide groups is 1. The Hall–Kier alpha value is -2.41. The first kappa shape index (κ1) is 19.4. The highest BCUT2D eigenvalue weighted by Crippen LogP contribution is 2.32. The smallest absolute Gasteiger partial charge is 0.332 e. The molecule has 2 N–H and O–H groups in total. The molecule has 0 aliphatic carbocycles. The molecule has 3 atom stereocenters. The van der Waals surface area contributed by atoms with Gasteiger partial charge in [-0.2, -0.15) is 0 Å². The number of benzene rings is 1. The second-order valence-corrected chi connectivity index (χ2v) is 8.37. The number of aliphatic hydroxyl groups excluding tert-OH is 1. The van der Waals surface area contributed by atoms with Gasteiger partial charge in [-0.25, -0.2) is 9.69 Å². The molecule has 2 saturated heterocycles. The molecule has 2 fully saturated rings. The van der Waals surface area contributed by atoms with E-state index in [9.17, 15) is 19.5 Å². The Morgan fingerprint density at radius 3 is 2.41 bits per heavy atom. The van der Waals surface area contributed by atoms with Crippen molar-refractivity contribution in [3.63, 3.8) is 0 Å². The highest BCUT2D eigenvalue weighted by atomic mass is 16.3. The van der Waals surface area contributed by atoms with E-state index in [2.05, 4.69) is 26.1 Å². The van der Waals surface area contributed by atoms with E-state index in [-0.39, 0.29) is 23.4 Å². The van der Waals surface area contributed by atoms with E-state index in [1.807, 2.05) is 24.3 Å². The molecule has 0 bridgehead atoms. The molecule has 0 saturated carbocycles. The predicted molar refractivity (Wildman–Crippen MR) is 101 cm³/mol. The minimum Gasteiger partial charge on any atom is -0.384 e. The van der Waals surface area contributed by atoms with Gasteiger partial charge in [0.05, 0.1) is 5.69 Å². The van der Waals surface area contributed by atoms with E-state index in [1.54, 1.807) is 4.90 Å². The molecule has 146 valence electrons. The van der Waals surface area contributed by atoms with Gasteiger partial charge in [0.2, 0.25) is 5.91 Å². The molecular formula is C20H27N3O4. The number of piperidine rings is 1. The third kappa shape index (κ3) is 3.69. The lowest BCUT2D eigenvalue weighted by molar-refractivity contribution is -0.130. The van der Waals surface area contributed by atoms with Gasteiger partial charge < -0.3 is 15.3 Å². The van der Waals surface area contributed by atoms with E-state index in [1.165, 1.54) is 11.8 Å². The van der Waals surface area contributed by atoms with Crippen molar-refractivity contribution < 1.29 is 19.5 Å². The van der Waals surface area contributed by atoms with Gasteiger partial charge in [-0.3, -0.25) is 9.59 Å². The predicted octanol–water partition coefficient (Wildman–Crippen LogP) is 1.78. The largest absolute Gasteiger partial charge is 0.384 e. The van der Waals surface area contributed by atoms with E-state index in [4.69, 9.17) is 0 Å². The molecule has 1 aromatic carbocycles. The summed E-state index contributed by atoms with van der Waals surface area (Å²) in [4.78, 5) is 40.2. The van der Waals surface area contributed by atoms with Gasteiger partial charge >= 0.3 is 6.03 Å². The van der Waals surface area contributed by atoms with Gasteiger partial charge in [0.15, 0.2) is 0 Å². The standard InChI is InChI=1S/C20H27N3O4/c1-12(24)17(25)21-14-9-10-22-16(11-14)18(26)23(19(22)27)15-7-5-13(6-8-15)20(2,3)4/h5-8,12,14,16,24H,9-11H2,1-4H3,(H,21,25)/t12-,14+,16-/m0/s1. The first-order valence-corrected chi connectivity index (χ1v) is 9.33. The Balaban J connectivity index is 1.76. The lowest BCUT2D eigenvalue weighted by Crippen LogP contribution is -2.51. The number of amides is 4. The average molecular weight is 373 g/mol. The molecule has 1 aromatic rings. The molecule has 0 spiro atoms. The van der Waals surface area contributed by atoms with Crippen LogP contribution in [-0.2, 0) is 15.0 Å². The SMILES string of the molecule is C[C@H](O)C(=O)N[C@@H]1CCN2C(=O)N(c3ccc(C(C)(C)C)cc3)C(=O)[C@@H]2C1. The molecule has 3 rings (SSSR count). The van der Waals surface area contributed by atoms with Gasteiger partial charge in [0, 0.05) is 12.6 Å². The first-order valence-electron chi connectivity index (χ1n) is 9.33. The number of anilines is 1. The van der Waals surface area contributed by atoms with Gasteiger partial charge in [-0.1, -0.05) is 32.9 Å². The van der Waals surface area contributed by atoms with Crippen molar-refractivity contribution in [1.82, 2.24) is 10.2 Å². The maximum absolute atomic E-state index is 12.9. The Labute approximate surface area is 159 Å². The normalized spacial score (nSPS) is 24.0. The number of rotatable bonds is 3. The third-order valence-corrected chi connectivity index (χ3v) is 5.26. The summed E-state index contributed by atoms with van der Waals surface area (Å²) in [5.41, 5.74) is 1.69. The summed E-state index contributed by atoms with van der Waals surface area (Å²) in [6, 6.07) is 6.39. The molecule has 0 radical (unpaired) electrons. The van der Waals surface area contributed by atoms with Crippen LogP contribution in [0.2, 0.25) is 0 Å². The number of hydrogen-bond acceptors (Lipinski definition) is 4. The monoisotopic (exact) mass is 373 g/mol. The Morgan fingerprint density at radius 1 is 1.22 bits per heavy atom. The minimum absolute atomic E-state index is 0.00961. The molecule has 0 aromatic heterocycles. The van der Waals surface area contributed by atoms with Crippen LogP contribution in [0.3, 0.4) is 0 Å². The fraction of sp³-hybridized carbons (Fsp3) is 0.550. The van der Waals surface area contributed by atoms with Crippen LogP contribution in [0.1, 0.15) is 46.1 Å². The summed E-state index contributed by atoms with van der Waals surface area (Å²) >= 11 is 0. The molecule has 7 nitrogen and oxygen atoms in total. The molecule has 4 amide bonds. The highest BCUT2D eigenvalue weighted by Gasteiger charge is 2.48. The molecule has 2 aliphatic heterocycles. The quantitative estimate of drug-likeness (QED) is 0.791. The number of nitrogens with one attached hydrogen (secondary N) is 1. The van der Waals surface area contributed by atoms with Crippen LogP contribution < -0.4 is 10.2 Å². The number of carbonyl (C=O) groups is 3. The minimum atomic E-state index is -1.10. The van der Waals surface area contributed by atoms with Crippen LogP contribution in [-0.4, -0.2) is 52.6 Å². The molecule has 27 heavy (non-hydrogen) atoms. The van der Waals surface area contributed by atoms with Crippen molar-refractivity contribution in [2.75, 3.05) is 11.4 Å². The van der Waals surface area contributed by atoms with E-state index < -0.39 is 18.1 Å². The molecule has 2 heterocycles. The fourth-order valence-corrected chi connectivity index (χ4v) is 3.60. The van der Waals surface area contributed by atoms with Crippen LogP contribution in [0.15, 0.2) is 24.3 Å². The maximum Gasteiger partial charge on any atom is 0.332 e. The first-order chi connectivity index (χ1) is 12.6. The van der Waals surface area contributed by atoms with Gasteiger partial charge in [-0.15, -0.1) is 0 Å². The van der Waals surface area contributed by atoms with E-state index >= 15 is 0 Å². The summed E-state index contributed by atoms with van der Waals surface area (Å²) in [6.07, 6.45) is -0.175. The Morgan fingerprint density at radius 2 is 1.85 bits per heavy atom. The zero-order valence-corrected chi connectivity index (χ0v) is 16.2. The Bertz CT molecular complexity index is 751. The number of urea groups is 1. The number of nitrogens with zero attached hydrogens (tertiary/aromatic N) is 2. The topological polar surface area (TPSA) is 89.9 Å². The van der Waals surface area contributed by atoms with Crippen LogP contribution in [0.5, 0.6) is 0 Å². The summed E-state index contributed by atoms with van der Waals surface area (Å²) in [7, 11) is 0. The fourth-order valence-electron chi connectivity index (χ4n) is 3.60. The van der Waals surface area contributed by atoms with Crippen molar-refractivity contribution in [3.05, 3.63) is 29.8 Å². The van der Waals surface area contributed by atoms with Crippen molar-refractivity contribution in [2.45, 2.75) is 64.1 Å². The highest BCUT2D eigenvalue weighted by molar-refractivity contribution is 6.21. The number of aliphatic hydroxyl groups is 1. The Kier molecular flexibility index (Phi) is 4.99. The summed E-state index contributed by atoms with van der Waals surface area (Å²) in [5, 5.41) is 12.1. The van der Waals surface area contributed by atoms with Crippen molar-refractivity contribution >= 4 is 23.5 Å². The molecule has 7 heteroatoms. The lowest BCUT2D eigenvalue weighted by atomic mass is 9.87. The number of carbonyl (C=O) groups excluding carboxylic acids is 3. The summed E-state index contributed by atoms with van der Waals surface area (Å²) in [5.74, 6) is -0.723. The number of hydrogen-bond donors (Lipinski definition) is 2. The van der Waals surface area contributed by atoms with Crippen molar-refractivity contribution in [1.29, 1.82) is 0 Å².